The van der Waals surface area contributed by atoms with Crippen molar-refractivity contribution in [3.8, 4) is 22.5 Å². The highest BCUT2D eigenvalue weighted by Gasteiger charge is 2.18. The molecule has 0 amide bonds. The first kappa shape index (κ1) is 24.8. The third-order valence-electron chi connectivity index (χ3n) is 9.32. The monoisotopic (exact) mass is 590 g/mol. The fourth-order valence-electron chi connectivity index (χ4n) is 7.27. The van der Waals surface area contributed by atoms with E-state index < -0.39 is 0 Å². The van der Waals surface area contributed by atoms with Crippen molar-refractivity contribution in [2.45, 2.75) is 0 Å². The van der Waals surface area contributed by atoms with Crippen LogP contribution < -0.4 is 0 Å². The van der Waals surface area contributed by atoms with Gasteiger partial charge in [-0.3, -0.25) is 0 Å². The molecule has 0 aliphatic carbocycles. The molecule has 45 heavy (non-hydrogen) atoms. The molecule has 0 aliphatic heterocycles. The van der Waals surface area contributed by atoms with Gasteiger partial charge >= 0.3 is 0 Å². The number of aromatic nitrogens is 2. The quantitative estimate of drug-likeness (QED) is 0.194. The number of para-hydroxylation sites is 3. The predicted octanol–water partition coefficient (Wildman–Crippen LogP) is 11.9. The zero-order chi connectivity index (χ0) is 29.5. The Balaban J connectivity index is 1.17. The van der Waals surface area contributed by atoms with E-state index in [0.29, 0.717) is 0 Å². The first-order valence-corrected chi connectivity index (χ1v) is 16.2. The van der Waals surface area contributed by atoms with Gasteiger partial charge in [0, 0.05) is 53.1 Å². The summed E-state index contributed by atoms with van der Waals surface area (Å²) in [5.41, 5.74) is 9.71. The summed E-state index contributed by atoms with van der Waals surface area (Å²) in [7, 11) is 0. The van der Waals surface area contributed by atoms with Crippen molar-refractivity contribution in [2.24, 2.45) is 0 Å². The Morgan fingerprint density at radius 1 is 0.311 bits per heavy atom. The third kappa shape index (κ3) is 3.62. The van der Waals surface area contributed by atoms with Crippen molar-refractivity contribution in [3.05, 3.63) is 158 Å². The van der Waals surface area contributed by atoms with Gasteiger partial charge in [-0.1, -0.05) is 97.1 Å². The van der Waals surface area contributed by atoms with Gasteiger partial charge in [-0.15, -0.1) is 11.3 Å². The molecular formula is C42H26N2S. The van der Waals surface area contributed by atoms with Crippen LogP contribution in [-0.2, 0) is 0 Å². The predicted molar refractivity (Wildman–Crippen MR) is 193 cm³/mol. The van der Waals surface area contributed by atoms with Crippen molar-refractivity contribution >= 4 is 75.1 Å². The number of hydrogen-bond acceptors (Lipinski definition) is 1. The molecule has 0 radical (unpaired) electrons. The molecule has 3 heterocycles. The highest BCUT2D eigenvalue weighted by molar-refractivity contribution is 7.25. The number of thiophene rings is 1. The molecule has 2 nitrogen and oxygen atoms in total. The average molecular weight is 591 g/mol. The smallest absolute Gasteiger partial charge is 0.0548 e. The molecule has 10 rings (SSSR count). The highest BCUT2D eigenvalue weighted by atomic mass is 32.1. The van der Waals surface area contributed by atoms with E-state index in [0.717, 1.165) is 0 Å². The van der Waals surface area contributed by atoms with Gasteiger partial charge in [-0.25, -0.2) is 0 Å². The van der Waals surface area contributed by atoms with Gasteiger partial charge in [0.15, 0.2) is 0 Å². The molecule has 0 saturated carbocycles. The van der Waals surface area contributed by atoms with Crippen LogP contribution in [0.15, 0.2) is 158 Å². The molecule has 210 valence electrons. The Kier molecular flexibility index (Phi) is 5.19. The van der Waals surface area contributed by atoms with Crippen LogP contribution in [0.1, 0.15) is 0 Å². The topological polar surface area (TPSA) is 9.86 Å². The average Bonchev–Trinajstić information content (AvgIpc) is 3.75. The van der Waals surface area contributed by atoms with Crippen molar-refractivity contribution in [3.63, 3.8) is 0 Å². The van der Waals surface area contributed by atoms with Crippen molar-refractivity contribution in [1.82, 2.24) is 9.13 Å². The maximum Gasteiger partial charge on any atom is 0.0548 e. The summed E-state index contributed by atoms with van der Waals surface area (Å²) in [5.74, 6) is 0. The van der Waals surface area contributed by atoms with Gasteiger partial charge in [0.25, 0.3) is 0 Å². The minimum atomic E-state index is 1.17. The number of benzene rings is 7. The molecule has 3 aromatic heterocycles. The number of fused-ring (bicyclic) bond motifs is 9. The summed E-state index contributed by atoms with van der Waals surface area (Å²) in [5, 5.41) is 7.73. The summed E-state index contributed by atoms with van der Waals surface area (Å²) in [6.45, 7) is 0. The van der Waals surface area contributed by atoms with Crippen LogP contribution in [0.5, 0.6) is 0 Å². The van der Waals surface area contributed by atoms with Crippen molar-refractivity contribution in [2.75, 3.05) is 0 Å². The number of rotatable bonds is 3. The van der Waals surface area contributed by atoms with Crippen molar-refractivity contribution in [1.29, 1.82) is 0 Å². The summed E-state index contributed by atoms with van der Waals surface area (Å²) in [6.07, 6.45) is 0. The molecule has 0 aliphatic rings. The van der Waals surface area contributed by atoms with Crippen LogP contribution in [0.4, 0.5) is 0 Å². The maximum atomic E-state index is 2.43. The first-order chi connectivity index (χ1) is 22.3. The number of hydrogen-bond donors (Lipinski definition) is 0. The Hall–Kier alpha value is -5.64. The molecule has 0 N–H and O–H groups in total. The zero-order valence-corrected chi connectivity index (χ0v) is 25.1. The van der Waals surface area contributed by atoms with E-state index in [1.54, 1.807) is 0 Å². The van der Waals surface area contributed by atoms with Crippen LogP contribution in [0.25, 0.3) is 86.3 Å². The molecule has 0 atom stereocenters. The van der Waals surface area contributed by atoms with E-state index in [1.165, 1.54) is 86.3 Å². The summed E-state index contributed by atoms with van der Waals surface area (Å²) in [4.78, 5) is 0. The second-order valence-electron chi connectivity index (χ2n) is 11.8. The van der Waals surface area contributed by atoms with Crippen LogP contribution in [0, 0.1) is 0 Å². The summed E-state index contributed by atoms with van der Waals surface area (Å²) < 4.78 is 7.50. The molecule has 0 fully saturated rings. The highest BCUT2D eigenvalue weighted by Crippen LogP contribution is 2.40. The van der Waals surface area contributed by atoms with E-state index in [9.17, 15) is 0 Å². The molecular weight excluding hydrogens is 565 g/mol. The lowest BCUT2D eigenvalue weighted by Crippen LogP contribution is -1.94. The molecule has 0 saturated heterocycles. The molecule has 0 unspecified atom stereocenters. The molecule has 7 aromatic carbocycles. The lowest BCUT2D eigenvalue weighted by molar-refractivity contribution is 1.17. The summed E-state index contributed by atoms with van der Waals surface area (Å²) >= 11 is 1.87. The fraction of sp³-hybridized carbons (Fsp3) is 0. The van der Waals surface area contributed by atoms with E-state index >= 15 is 0 Å². The third-order valence-corrected chi connectivity index (χ3v) is 10.5. The molecule has 0 spiro atoms. The maximum absolute atomic E-state index is 2.43. The van der Waals surface area contributed by atoms with Gasteiger partial charge in [-0.2, -0.15) is 0 Å². The molecule has 10 aromatic rings. The molecule has 0 bridgehead atoms. The van der Waals surface area contributed by atoms with E-state index in [2.05, 4.69) is 167 Å². The Bertz CT molecular complexity index is 2740. The van der Waals surface area contributed by atoms with Crippen LogP contribution in [0.3, 0.4) is 0 Å². The van der Waals surface area contributed by atoms with E-state index in [-0.39, 0.29) is 0 Å². The Morgan fingerprint density at radius 2 is 0.822 bits per heavy atom. The van der Waals surface area contributed by atoms with Gasteiger partial charge in [0.2, 0.25) is 0 Å². The van der Waals surface area contributed by atoms with E-state index in [4.69, 9.17) is 0 Å². The van der Waals surface area contributed by atoms with Crippen LogP contribution >= 0.6 is 11.3 Å². The largest absolute Gasteiger partial charge is 0.309 e. The van der Waals surface area contributed by atoms with Gasteiger partial charge in [0.05, 0.1) is 22.1 Å². The first-order valence-electron chi connectivity index (χ1n) is 15.4. The number of nitrogens with zero attached hydrogens (tertiary/aromatic N) is 2. The zero-order valence-electron chi connectivity index (χ0n) is 24.3. The normalized spacial score (nSPS) is 12.0. The van der Waals surface area contributed by atoms with Crippen molar-refractivity contribution < 1.29 is 0 Å². The lowest BCUT2D eigenvalue weighted by atomic mass is 10.0. The minimum absolute atomic E-state index is 1.17. The second kappa shape index (κ2) is 9.43. The van der Waals surface area contributed by atoms with Gasteiger partial charge in [-0.05, 0) is 71.8 Å². The van der Waals surface area contributed by atoms with Crippen LogP contribution in [-0.4, -0.2) is 9.13 Å². The summed E-state index contributed by atoms with van der Waals surface area (Å²) in [6, 6.07) is 57.7. The lowest BCUT2D eigenvalue weighted by Gasteiger charge is -2.10. The standard InChI is InChI=1S/C42H26N2S/c1-2-10-29(11-3-1)43-37-15-7-4-12-31(37)35-26-40-36(25-39(35)43)32-13-5-8-16-38(32)44(40)30-21-18-27(19-22-30)28-20-23-34-33-14-6-9-17-41(33)45-42(34)24-28/h1-26H. The van der Waals surface area contributed by atoms with E-state index in [1.807, 2.05) is 11.3 Å². The van der Waals surface area contributed by atoms with Gasteiger partial charge in [0.1, 0.15) is 0 Å². The Labute approximate surface area is 263 Å². The van der Waals surface area contributed by atoms with Gasteiger partial charge < -0.3 is 9.13 Å². The Morgan fingerprint density at radius 3 is 1.49 bits per heavy atom. The SMILES string of the molecule is c1ccc(-n2c3ccccc3c3cc4c(cc32)c2ccccc2n4-c2ccc(-c3ccc4c(c3)sc3ccccc34)cc2)cc1. The minimum Gasteiger partial charge on any atom is -0.309 e. The fourth-order valence-corrected chi connectivity index (χ4v) is 8.42. The second-order valence-corrected chi connectivity index (χ2v) is 12.9. The molecule has 3 heteroatoms. The van der Waals surface area contributed by atoms with Crippen LogP contribution in [0.2, 0.25) is 0 Å².